The molecule has 1 aliphatic rings. The van der Waals surface area contributed by atoms with Crippen LogP contribution in [0.2, 0.25) is 0 Å². The van der Waals surface area contributed by atoms with Crippen LogP contribution in [-0.2, 0) is 5.60 Å². The second kappa shape index (κ2) is 9.54. The number of halogens is 3. The van der Waals surface area contributed by atoms with Gasteiger partial charge >= 0.3 is 6.18 Å². The van der Waals surface area contributed by atoms with Gasteiger partial charge in [0.05, 0.1) is 29.7 Å². The topological polar surface area (TPSA) is 82.1 Å². The van der Waals surface area contributed by atoms with E-state index in [-0.39, 0.29) is 18.4 Å². The number of nitrogens with zero attached hydrogens (tertiary/aromatic N) is 7. The molecule has 0 saturated carbocycles. The number of alkyl halides is 3. The van der Waals surface area contributed by atoms with Crippen molar-refractivity contribution in [3.8, 4) is 11.3 Å². The van der Waals surface area contributed by atoms with Crippen LogP contribution in [0.25, 0.3) is 16.9 Å². The van der Waals surface area contributed by atoms with Gasteiger partial charge in [0, 0.05) is 32.1 Å². The van der Waals surface area contributed by atoms with Gasteiger partial charge in [-0.2, -0.15) is 17.7 Å². The molecule has 0 spiro atoms. The number of aliphatic imine (C=N–C) groups is 1. The Hall–Kier alpha value is -3.05. The standard InChI is InChI=1S/C24H30F3N7O/c1-23(2,35)18-19(16-9-6-5-7-10-16)29-22(28-15-32(3)4)34-21(18)30-20(31-34)17-11-8-12-33(13-17)14-24(25,26)27/h5-7,9-10,15,17,35H,8,11-14H2,1-4H3/b28-15+/t17-/m1/s1. The largest absolute Gasteiger partial charge is 0.401 e. The SMILES string of the molecule is CN(C)/C=N/c1nc(-c2ccccc2)c(C(C)(C)O)c2nc([C@@H]3CCCN(CC(F)(F)F)C3)nn12. The van der Waals surface area contributed by atoms with Crippen molar-refractivity contribution in [3.63, 3.8) is 0 Å². The maximum atomic E-state index is 13.0. The van der Waals surface area contributed by atoms with Gasteiger partial charge < -0.3 is 10.0 Å². The summed E-state index contributed by atoms with van der Waals surface area (Å²) >= 11 is 0. The number of rotatable bonds is 6. The zero-order chi connectivity index (χ0) is 25.4. The monoisotopic (exact) mass is 489 g/mol. The molecule has 1 fully saturated rings. The highest BCUT2D eigenvalue weighted by Gasteiger charge is 2.35. The molecular weight excluding hydrogens is 459 g/mol. The summed E-state index contributed by atoms with van der Waals surface area (Å²) in [7, 11) is 3.65. The molecule has 1 saturated heterocycles. The van der Waals surface area contributed by atoms with E-state index in [1.807, 2.05) is 44.4 Å². The molecule has 188 valence electrons. The maximum absolute atomic E-state index is 13.0. The van der Waals surface area contributed by atoms with Crippen molar-refractivity contribution in [1.82, 2.24) is 29.4 Å². The molecule has 4 rings (SSSR count). The van der Waals surface area contributed by atoms with Gasteiger partial charge in [-0.3, -0.25) is 4.90 Å². The Morgan fingerprint density at radius 3 is 2.51 bits per heavy atom. The molecule has 35 heavy (non-hydrogen) atoms. The van der Waals surface area contributed by atoms with Crippen molar-refractivity contribution in [1.29, 1.82) is 0 Å². The smallest absolute Gasteiger partial charge is 0.386 e. The Labute approximate surface area is 202 Å². The van der Waals surface area contributed by atoms with Crippen LogP contribution in [0.1, 0.15) is 44.0 Å². The Morgan fingerprint density at radius 1 is 1.17 bits per heavy atom. The fourth-order valence-corrected chi connectivity index (χ4v) is 4.39. The molecule has 3 heterocycles. The van der Waals surface area contributed by atoms with Crippen LogP contribution in [-0.4, -0.2) is 80.7 Å². The molecule has 2 aromatic heterocycles. The molecule has 0 radical (unpaired) electrons. The van der Waals surface area contributed by atoms with Crippen LogP contribution in [0.15, 0.2) is 35.3 Å². The summed E-state index contributed by atoms with van der Waals surface area (Å²) < 4.78 is 40.5. The first-order valence-electron chi connectivity index (χ1n) is 11.5. The molecule has 1 atom stereocenters. The Morgan fingerprint density at radius 2 is 1.89 bits per heavy atom. The molecule has 0 bridgehead atoms. The minimum absolute atomic E-state index is 0.212. The van der Waals surface area contributed by atoms with E-state index in [1.165, 1.54) is 9.42 Å². The summed E-state index contributed by atoms with van der Waals surface area (Å²) in [6.07, 6.45) is -1.37. The van der Waals surface area contributed by atoms with E-state index >= 15 is 0 Å². The van der Waals surface area contributed by atoms with Crippen molar-refractivity contribution < 1.29 is 18.3 Å². The summed E-state index contributed by atoms with van der Waals surface area (Å²) in [6.45, 7) is 2.95. The minimum atomic E-state index is -4.26. The summed E-state index contributed by atoms with van der Waals surface area (Å²) in [5, 5.41) is 15.8. The van der Waals surface area contributed by atoms with Crippen LogP contribution in [0.5, 0.6) is 0 Å². The number of aromatic nitrogens is 4. The van der Waals surface area contributed by atoms with Gasteiger partial charge in [0.25, 0.3) is 5.95 Å². The number of likely N-dealkylation sites (tertiary alicyclic amines) is 1. The van der Waals surface area contributed by atoms with Crippen LogP contribution < -0.4 is 0 Å². The Bertz CT molecular complexity index is 1200. The highest BCUT2D eigenvalue weighted by molar-refractivity contribution is 5.74. The van der Waals surface area contributed by atoms with Crippen molar-refractivity contribution in [2.75, 3.05) is 33.7 Å². The predicted molar refractivity (Wildman–Crippen MR) is 128 cm³/mol. The van der Waals surface area contributed by atoms with E-state index in [0.717, 1.165) is 5.56 Å². The highest BCUT2D eigenvalue weighted by Crippen LogP contribution is 2.36. The van der Waals surface area contributed by atoms with Gasteiger partial charge in [-0.05, 0) is 33.2 Å². The summed E-state index contributed by atoms with van der Waals surface area (Å²) in [6, 6.07) is 9.43. The summed E-state index contributed by atoms with van der Waals surface area (Å²) in [5.74, 6) is 0.421. The molecule has 11 heteroatoms. The average Bonchev–Trinajstić information content (AvgIpc) is 3.21. The van der Waals surface area contributed by atoms with Gasteiger partial charge in [0.2, 0.25) is 0 Å². The fraction of sp³-hybridized carbons (Fsp3) is 0.500. The molecule has 0 aliphatic carbocycles. The lowest BCUT2D eigenvalue weighted by atomic mass is 9.94. The summed E-state index contributed by atoms with van der Waals surface area (Å²) in [4.78, 5) is 17.1. The lowest BCUT2D eigenvalue weighted by Gasteiger charge is -2.31. The molecule has 1 N–H and O–H groups in total. The van der Waals surface area contributed by atoms with E-state index in [9.17, 15) is 18.3 Å². The predicted octanol–water partition coefficient (Wildman–Crippen LogP) is 3.98. The van der Waals surface area contributed by atoms with Gasteiger partial charge in [0.15, 0.2) is 11.5 Å². The van der Waals surface area contributed by atoms with Crippen LogP contribution >= 0.6 is 0 Å². The molecule has 8 nitrogen and oxygen atoms in total. The van der Waals surface area contributed by atoms with Crippen molar-refractivity contribution >= 4 is 17.9 Å². The minimum Gasteiger partial charge on any atom is -0.386 e. The normalized spacial score (nSPS) is 18.0. The number of hydrogen-bond acceptors (Lipinski definition) is 6. The van der Waals surface area contributed by atoms with Crippen LogP contribution in [0.3, 0.4) is 0 Å². The van der Waals surface area contributed by atoms with Crippen molar-refractivity contribution in [2.45, 2.75) is 44.4 Å². The zero-order valence-corrected chi connectivity index (χ0v) is 20.3. The fourth-order valence-electron chi connectivity index (χ4n) is 4.39. The number of aliphatic hydroxyl groups is 1. The first-order chi connectivity index (χ1) is 16.4. The van der Waals surface area contributed by atoms with Gasteiger partial charge in [0.1, 0.15) is 0 Å². The van der Waals surface area contributed by atoms with Gasteiger partial charge in [-0.25, -0.2) is 15.0 Å². The first kappa shape index (κ1) is 25.1. The lowest BCUT2D eigenvalue weighted by Crippen LogP contribution is -2.40. The third-order valence-electron chi connectivity index (χ3n) is 5.82. The summed E-state index contributed by atoms with van der Waals surface area (Å²) in [5.41, 5.74) is 0.863. The number of hydrogen-bond donors (Lipinski definition) is 1. The van der Waals surface area contributed by atoms with Gasteiger partial charge in [-0.1, -0.05) is 30.3 Å². The lowest BCUT2D eigenvalue weighted by molar-refractivity contribution is -0.148. The highest BCUT2D eigenvalue weighted by atomic mass is 19.4. The zero-order valence-electron chi connectivity index (χ0n) is 20.3. The number of benzene rings is 1. The van der Waals surface area contributed by atoms with Crippen molar-refractivity contribution in [2.24, 2.45) is 4.99 Å². The van der Waals surface area contributed by atoms with Crippen molar-refractivity contribution in [3.05, 3.63) is 41.7 Å². The first-order valence-corrected chi connectivity index (χ1v) is 11.5. The number of piperidine rings is 1. The average molecular weight is 490 g/mol. The Kier molecular flexibility index (Phi) is 6.83. The second-order valence-electron chi connectivity index (χ2n) is 9.66. The quantitative estimate of drug-likeness (QED) is 0.417. The molecule has 1 aromatic carbocycles. The Balaban J connectivity index is 1.88. The third-order valence-corrected chi connectivity index (χ3v) is 5.82. The molecule has 0 unspecified atom stereocenters. The molecular formula is C24H30F3N7O. The second-order valence-corrected chi connectivity index (χ2v) is 9.66. The van der Waals surface area contributed by atoms with E-state index in [0.29, 0.717) is 42.1 Å². The molecule has 0 amide bonds. The molecule has 1 aliphatic heterocycles. The van der Waals surface area contributed by atoms with E-state index < -0.39 is 18.3 Å². The van der Waals surface area contributed by atoms with E-state index in [2.05, 4.69) is 10.1 Å². The van der Waals surface area contributed by atoms with E-state index in [1.54, 1.807) is 25.1 Å². The van der Waals surface area contributed by atoms with Crippen LogP contribution in [0, 0.1) is 0 Å². The van der Waals surface area contributed by atoms with Crippen LogP contribution in [0.4, 0.5) is 19.1 Å². The van der Waals surface area contributed by atoms with Gasteiger partial charge in [-0.15, -0.1) is 5.10 Å². The van der Waals surface area contributed by atoms with E-state index in [4.69, 9.17) is 9.97 Å². The molecule has 3 aromatic rings. The maximum Gasteiger partial charge on any atom is 0.401 e. The third kappa shape index (κ3) is 5.79. The number of fused-ring (bicyclic) bond motifs is 1.